The molecule has 0 saturated heterocycles. The molecule has 0 saturated carbocycles. The molecular weight excluding hydrogens is 442 g/mol. The fourth-order valence-electron chi connectivity index (χ4n) is 4.43. The first kappa shape index (κ1) is 22.6. The summed E-state index contributed by atoms with van der Waals surface area (Å²) in [5.74, 6) is 0.781. The molecule has 0 unspecified atom stereocenters. The van der Waals surface area contributed by atoms with Crippen molar-refractivity contribution in [3.63, 3.8) is 0 Å². The topological polar surface area (TPSA) is 96.0 Å². The largest absolute Gasteiger partial charge is 0.496 e. The van der Waals surface area contributed by atoms with E-state index in [1.807, 2.05) is 61.6 Å². The van der Waals surface area contributed by atoms with Crippen molar-refractivity contribution in [2.75, 3.05) is 27.7 Å². The molecule has 3 aromatic heterocycles. The molecule has 35 heavy (non-hydrogen) atoms. The van der Waals surface area contributed by atoms with Gasteiger partial charge in [-0.05, 0) is 56.9 Å². The summed E-state index contributed by atoms with van der Waals surface area (Å²) in [5, 5.41) is 1.43. The number of hydrogen-bond acceptors (Lipinski definition) is 5. The molecule has 5 aromatic rings. The summed E-state index contributed by atoms with van der Waals surface area (Å²) in [5.41, 5.74) is 4.31. The normalized spacial score (nSPS) is 11.5. The molecule has 8 heteroatoms. The molecule has 0 aliphatic heterocycles. The second-order valence-electron chi connectivity index (χ2n) is 8.83. The summed E-state index contributed by atoms with van der Waals surface area (Å²) in [6, 6.07) is 15.4. The van der Waals surface area contributed by atoms with Crippen LogP contribution in [0.25, 0.3) is 44.2 Å². The molecule has 0 amide bonds. The monoisotopic (exact) mass is 469 g/mol. The highest BCUT2D eigenvalue weighted by atomic mass is 16.5. The molecule has 0 aliphatic rings. The van der Waals surface area contributed by atoms with Crippen molar-refractivity contribution in [3.05, 3.63) is 81.8 Å². The Morgan fingerprint density at radius 3 is 2.60 bits per heavy atom. The van der Waals surface area contributed by atoms with Gasteiger partial charge in [0.1, 0.15) is 11.4 Å². The number of fused-ring (bicyclic) bond motifs is 2. The zero-order valence-corrected chi connectivity index (χ0v) is 20.0. The van der Waals surface area contributed by atoms with E-state index in [1.54, 1.807) is 19.4 Å². The molecule has 0 bridgehead atoms. The van der Waals surface area contributed by atoms with Gasteiger partial charge in [0.2, 0.25) is 0 Å². The van der Waals surface area contributed by atoms with E-state index in [-0.39, 0.29) is 11.2 Å². The Morgan fingerprint density at radius 2 is 1.80 bits per heavy atom. The maximum atomic E-state index is 13.2. The van der Waals surface area contributed by atoms with E-state index >= 15 is 0 Å². The van der Waals surface area contributed by atoms with Crippen LogP contribution in [0.3, 0.4) is 0 Å². The highest BCUT2D eigenvalue weighted by Crippen LogP contribution is 2.36. The van der Waals surface area contributed by atoms with Gasteiger partial charge >= 0.3 is 5.69 Å². The van der Waals surface area contributed by atoms with E-state index in [4.69, 9.17) is 4.74 Å². The van der Waals surface area contributed by atoms with Gasteiger partial charge in [-0.3, -0.25) is 9.36 Å². The third-order valence-electron chi connectivity index (χ3n) is 6.23. The average molecular weight is 470 g/mol. The molecule has 0 spiro atoms. The minimum absolute atomic E-state index is 0.283. The van der Waals surface area contributed by atoms with Crippen LogP contribution < -0.4 is 16.0 Å². The van der Waals surface area contributed by atoms with E-state index in [0.29, 0.717) is 23.9 Å². The molecule has 0 aliphatic carbocycles. The Balaban J connectivity index is 1.59. The summed E-state index contributed by atoms with van der Waals surface area (Å²) in [6.07, 6.45) is 4.42. The van der Waals surface area contributed by atoms with Crippen LogP contribution in [0.1, 0.15) is 6.42 Å². The maximum absolute atomic E-state index is 13.2. The molecule has 2 aromatic carbocycles. The molecule has 5 rings (SSSR count). The van der Waals surface area contributed by atoms with E-state index in [9.17, 15) is 9.59 Å². The number of para-hydroxylation sites is 1. The van der Waals surface area contributed by atoms with Crippen molar-refractivity contribution in [3.8, 4) is 28.0 Å². The number of aromatic amines is 2. The van der Waals surface area contributed by atoms with E-state index in [2.05, 4.69) is 21.0 Å². The summed E-state index contributed by atoms with van der Waals surface area (Å²) in [6.45, 7) is 1.16. The lowest BCUT2D eigenvalue weighted by Crippen LogP contribution is -2.35. The van der Waals surface area contributed by atoms with Gasteiger partial charge in [-0.15, -0.1) is 0 Å². The first-order valence-electron chi connectivity index (χ1n) is 11.5. The van der Waals surface area contributed by atoms with Crippen molar-refractivity contribution < 1.29 is 4.74 Å². The number of pyridine rings is 1. The molecular formula is C27H27N5O3. The van der Waals surface area contributed by atoms with Gasteiger partial charge in [-0.25, -0.2) is 9.78 Å². The van der Waals surface area contributed by atoms with Gasteiger partial charge in [-0.1, -0.05) is 24.3 Å². The van der Waals surface area contributed by atoms with Gasteiger partial charge < -0.3 is 19.6 Å². The van der Waals surface area contributed by atoms with Crippen LogP contribution in [0.2, 0.25) is 0 Å². The number of benzene rings is 2. The third-order valence-corrected chi connectivity index (χ3v) is 6.23. The van der Waals surface area contributed by atoms with Gasteiger partial charge in [0.25, 0.3) is 5.56 Å². The van der Waals surface area contributed by atoms with Gasteiger partial charge in [0.05, 0.1) is 18.0 Å². The van der Waals surface area contributed by atoms with Crippen LogP contribution >= 0.6 is 0 Å². The summed E-state index contributed by atoms with van der Waals surface area (Å²) < 4.78 is 6.83. The van der Waals surface area contributed by atoms with Crippen LogP contribution in [-0.2, 0) is 6.54 Å². The Kier molecular flexibility index (Phi) is 5.96. The number of nitrogens with zero attached hydrogens (tertiary/aromatic N) is 3. The minimum Gasteiger partial charge on any atom is -0.496 e. The number of rotatable bonds is 7. The Morgan fingerprint density at radius 1 is 1.00 bits per heavy atom. The minimum atomic E-state index is -0.383. The standard InChI is InChI=1S/C27H27N5O3/c1-31(2)11-6-12-32-26(33)21-13-17(9-10-23(21)30-27(32)34)18-14-20-22(16-29-25(20)28-15-18)19-7-4-5-8-24(19)35-3/h4-5,7-10,13-16H,6,11-12H2,1-3H3,(H,28,29)(H,30,34). The second kappa shape index (κ2) is 9.23. The summed E-state index contributed by atoms with van der Waals surface area (Å²) in [4.78, 5) is 38.4. The van der Waals surface area contributed by atoms with Crippen molar-refractivity contribution >= 4 is 21.9 Å². The summed E-state index contributed by atoms with van der Waals surface area (Å²) in [7, 11) is 5.59. The van der Waals surface area contributed by atoms with Crippen molar-refractivity contribution in [1.82, 2.24) is 24.4 Å². The second-order valence-corrected chi connectivity index (χ2v) is 8.83. The lowest BCUT2D eigenvalue weighted by Gasteiger charge is -2.11. The highest BCUT2D eigenvalue weighted by molar-refractivity contribution is 5.97. The Bertz CT molecular complexity index is 1640. The number of hydrogen-bond donors (Lipinski definition) is 2. The van der Waals surface area contributed by atoms with Crippen molar-refractivity contribution in [2.24, 2.45) is 0 Å². The number of H-pyrrole nitrogens is 2. The lowest BCUT2D eigenvalue weighted by molar-refractivity contribution is 0.383. The third kappa shape index (κ3) is 4.24. The van der Waals surface area contributed by atoms with Crippen LogP contribution in [0.15, 0.2) is 70.5 Å². The average Bonchev–Trinajstić information content (AvgIpc) is 3.28. The number of methoxy groups -OCH3 is 1. The quantitative estimate of drug-likeness (QED) is 0.377. The van der Waals surface area contributed by atoms with E-state index in [1.165, 1.54) is 4.57 Å². The van der Waals surface area contributed by atoms with Gasteiger partial charge in [0.15, 0.2) is 0 Å². The lowest BCUT2D eigenvalue weighted by atomic mass is 10.0. The maximum Gasteiger partial charge on any atom is 0.328 e. The molecule has 0 fully saturated rings. The smallest absolute Gasteiger partial charge is 0.328 e. The predicted molar refractivity (Wildman–Crippen MR) is 139 cm³/mol. The first-order chi connectivity index (χ1) is 17.0. The first-order valence-corrected chi connectivity index (χ1v) is 11.5. The number of nitrogens with one attached hydrogen (secondary N) is 2. The zero-order chi connectivity index (χ0) is 24.5. The molecule has 8 nitrogen and oxygen atoms in total. The fourth-order valence-corrected chi connectivity index (χ4v) is 4.43. The predicted octanol–water partition coefficient (Wildman–Crippen LogP) is 3.86. The zero-order valence-electron chi connectivity index (χ0n) is 20.0. The Labute approximate surface area is 201 Å². The summed E-state index contributed by atoms with van der Waals surface area (Å²) >= 11 is 0. The van der Waals surface area contributed by atoms with Gasteiger partial charge in [-0.2, -0.15) is 0 Å². The molecule has 0 radical (unpaired) electrons. The van der Waals surface area contributed by atoms with Crippen LogP contribution in [0, 0.1) is 0 Å². The Hall–Kier alpha value is -4.17. The van der Waals surface area contributed by atoms with Crippen molar-refractivity contribution in [2.45, 2.75) is 13.0 Å². The molecule has 3 heterocycles. The SMILES string of the molecule is COc1ccccc1-c1c[nH]c2ncc(-c3ccc4[nH]c(=O)n(CCCN(C)C)c(=O)c4c3)cc12. The van der Waals surface area contributed by atoms with Crippen LogP contribution in [0.4, 0.5) is 0 Å². The van der Waals surface area contributed by atoms with E-state index in [0.717, 1.165) is 45.6 Å². The highest BCUT2D eigenvalue weighted by Gasteiger charge is 2.14. The number of aromatic nitrogens is 4. The van der Waals surface area contributed by atoms with Crippen molar-refractivity contribution in [1.29, 1.82) is 0 Å². The van der Waals surface area contributed by atoms with Crippen LogP contribution in [0.5, 0.6) is 5.75 Å². The molecule has 0 atom stereocenters. The molecule has 2 N–H and O–H groups in total. The van der Waals surface area contributed by atoms with Gasteiger partial charge in [0, 0.05) is 41.0 Å². The fraction of sp³-hybridized carbons (Fsp3) is 0.222. The van der Waals surface area contributed by atoms with Crippen LogP contribution in [-0.4, -0.2) is 52.2 Å². The molecule has 178 valence electrons. The van der Waals surface area contributed by atoms with E-state index < -0.39 is 0 Å². The number of ether oxygens (including phenoxy) is 1.